The molecule has 0 spiro atoms. The molecule has 0 aliphatic heterocycles. The van der Waals surface area contributed by atoms with Gasteiger partial charge in [-0.3, -0.25) is 14.6 Å². The molecule has 4 rings (SSSR count). The Labute approximate surface area is 178 Å². The van der Waals surface area contributed by atoms with E-state index in [4.69, 9.17) is 9.15 Å². The molecule has 3 heterocycles. The van der Waals surface area contributed by atoms with Crippen molar-refractivity contribution in [3.8, 4) is 5.88 Å². The van der Waals surface area contributed by atoms with Crippen LogP contribution in [-0.2, 0) is 6.54 Å². The summed E-state index contributed by atoms with van der Waals surface area (Å²) in [5, 5.41) is 3.53. The largest absolute Gasteiger partial charge is 0.481 e. The minimum absolute atomic E-state index is 0.219. The number of furan rings is 1. The first-order chi connectivity index (χ1) is 15.0. The van der Waals surface area contributed by atoms with Crippen LogP contribution in [0.4, 0.5) is 5.69 Å². The fourth-order valence-electron chi connectivity index (χ4n) is 3.06. The number of nitrogens with one attached hydrogen (secondary N) is 1. The van der Waals surface area contributed by atoms with Crippen LogP contribution in [0.2, 0.25) is 0 Å². The summed E-state index contributed by atoms with van der Waals surface area (Å²) < 4.78 is 10.7. The van der Waals surface area contributed by atoms with Gasteiger partial charge < -0.3 is 19.4 Å². The third kappa shape index (κ3) is 4.53. The molecule has 0 fully saturated rings. The number of hydrogen-bond acceptors (Lipinski definition) is 6. The number of amides is 2. The van der Waals surface area contributed by atoms with E-state index < -0.39 is 0 Å². The molecule has 1 N–H and O–H groups in total. The van der Waals surface area contributed by atoms with Gasteiger partial charge in [-0.25, -0.2) is 4.98 Å². The first-order valence-corrected chi connectivity index (χ1v) is 9.54. The van der Waals surface area contributed by atoms with Gasteiger partial charge in [-0.15, -0.1) is 0 Å². The van der Waals surface area contributed by atoms with Crippen LogP contribution in [0.15, 0.2) is 71.4 Å². The van der Waals surface area contributed by atoms with E-state index in [2.05, 4.69) is 15.3 Å². The smallest absolute Gasteiger partial charge is 0.289 e. The van der Waals surface area contributed by atoms with Crippen LogP contribution in [0.5, 0.6) is 5.88 Å². The van der Waals surface area contributed by atoms with Crippen molar-refractivity contribution in [2.75, 3.05) is 19.5 Å². The molecule has 1 aromatic carbocycles. The summed E-state index contributed by atoms with van der Waals surface area (Å²) in [4.78, 5) is 35.0. The van der Waals surface area contributed by atoms with Gasteiger partial charge in [0.25, 0.3) is 11.8 Å². The zero-order valence-electron chi connectivity index (χ0n) is 17.0. The Morgan fingerprint density at radius 3 is 2.68 bits per heavy atom. The Bertz CT molecular complexity index is 1220. The van der Waals surface area contributed by atoms with Gasteiger partial charge in [-0.2, -0.15) is 0 Å². The molecule has 0 saturated carbocycles. The molecule has 0 unspecified atom stereocenters. The van der Waals surface area contributed by atoms with E-state index in [1.165, 1.54) is 13.3 Å². The van der Waals surface area contributed by atoms with Gasteiger partial charge in [0.1, 0.15) is 5.58 Å². The second-order valence-corrected chi connectivity index (χ2v) is 6.89. The minimum Gasteiger partial charge on any atom is -0.481 e. The number of hydrogen-bond donors (Lipinski definition) is 1. The Morgan fingerprint density at radius 1 is 1.10 bits per heavy atom. The number of fused-ring (bicyclic) bond motifs is 1. The number of anilines is 1. The van der Waals surface area contributed by atoms with Gasteiger partial charge in [0.05, 0.1) is 24.9 Å². The molecule has 0 aliphatic carbocycles. The molecule has 0 bridgehead atoms. The molecule has 2 amide bonds. The van der Waals surface area contributed by atoms with Crippen molar-refractivity contribution in [1.29, 1.82) is 0 Å². The van der Waals surface area contributed by atoms with Crippen molar-refractivity contribution >= 4 is 28.5 Å². The van der Waals surface area contributed by atoms with E-state index in [0.717, 1.165) is 5.69 Å². The number of nitrogens with zero attached hydrogens (tertiary/aromatic N) is 3. The molecule has 31 heavy (non-hydrogen) atoms. The van der Waals surface area contributed by atoms with Crippen LogP contribution in [0.1, 0.15) is 26.6 Å². The van der Waals surface area contributed by atoms with E-state index in [1.54, 1.807) is 54.5 Å². The summed E-state index contributed by atoms with van der Waals surface area (Å²) in [6.45, 7) is 0.369. The summed E-state index contributed by atoms with van der Waals surface area (Å²) in [5.41, 5.74) is 2.32. The molecule has 0 atom stereocenters. The zero-order chi connectivity index (χ0) is 21.8. The fraction of sp³-hybridized carbons (Fsp3) is 0.130. The number of rotatable bonds is 6. The molecular formula is C23H20N4O4. The van der Waals surface area contributed by atoms with E-state index in [9.17, 15) is 9.59 Å². The molecule has 3 aromatic heterocycles. The van der Waals surface area contributed by atoms with Crippen molar-refractivity contribution in [3.05, 3.63) is 84.0 Å². The minimum atomic E-state index is -0.301. The summed E-state index contributed by atoms with van der Waals surface area (Å²) in [6, 6.07) is 15.7. The Morgan fingerprint density at radius 2 is 1.97 bits per heavy atom. The number of carbonyl (C=O) groups excluding carboxylic acids is 2. The quantitative estimate of drug-likeness (QED) is 0.514. The van der Waals surface area contributed by atoms with Crippen LogP contribution in [0, 0.1) is 0 Å². The lowest BCUT2D eigenvalue weighted by Gasteiger charge is -2.14. The first-order valence-electron chi connectivity index (χ1n) is 9.54. The van der Waals surface area contributed by atoms with Gasteiger partial charge in [0.15, 0.2) is 5.76 Å². The lowest BCUT2D eigenvalue weighted by atomic mass is 10.2. The molecule has 0 radical (unpaired) electrons. The third-order valence-electron chi connectivity index (χ3n) is 4.66. The molecular weight excluding hydrogens is 396 g/mol. The maximum Gasteiger partial charge on any atom is 0.289 e. The van der Waals surface area contributed by atoms with E-state index in [-0.39, 0.29) is 17.6 Å². The van der Waals surface area contributed by atoms with Crippen LogP contribution in [0.25, 0.3) is 11.0 Å². The van der Waals surface area contributed by atoms with E-state index in [0.29, 0.717) is 34.6 Å². The number of pyridine rings is 2. The monoisotopic (exact) mass is 416 g/mol. The maximum absolute atomic E-state index is 12.7. The standard InChI is InChI=1S/C23H20N4O4/c1-27(14-18-5-3-4-10-24-18)23(29)20-12-16-11-17(7-8-19(16)31-20)26-22(28)15-6-9-21(30-2)25-13-15/h3-13H,14H2,1-2H3,(H,26,28). The molecule has 4 aromatic rings. The van der Waals surface area contributed by atoms with Gasteiger partial charge in [-0.05, 0) is 42.5 Å². The van der Waals surface area contributed by atoms with E-state index in [1.807, 2.05) is 18.2 Å². The Hall–Kier alpha value is -4.20. The summed E-state index contributed by atoms with van der Waals surface area (Å²) >= 11 is 0. The van der Waals surface area contributed by atoms with Crippen LogP contribution >= 0.6 is 0 Å². The van der Waals surface area contributed by atoms with Crippen LogP contribution < -0.4 is 10.1 Å². The second kappa shape index (κ2) is 8.66. The molecule has 156 valence electrons. The van der Waals surface area contributed by atoms with Crippen molar-refractivity contribution < 1.29 is 18.7 Å². The Balaban J connectivity index is 1.48. The average Bonchev–Trinajstić information content (AvgIpc) is 3.22. The van der Waals surface area contributed by atoms with E-state index >= 15 is 0 Å². The first kappa shape index (κ1) is 20.1. The number of aromatic nitrogens is 2. The highest BCUT2D eigenvalue weighted by Crippen LogP contribution is 2.24. The number of benzene rings is 1. The van der Waals surface area contributed by atoms with Crippen molar-refractivity contribution in [2.24, 2.45) is 0 Å². The zero-order valence-corrected chi connectivity index (χ0v) is 17.0. The summed E-state index contributed by atoms with van der Waals surface area (Å²) in [5.74, 6) is 0.0963. The number of methoxy groups -OCH3 is 1. The van der Waals surface area contributed by atoms with Crippen molar-refractivity contribution in [3.63, 3.8) is 0 Å². The van der Waals surface area contributed by atoms with Crippen LogP contribution in [-0.4, -0.2) is 40.8 Å². The molecule has 8 nitrogen and oxygen atoms in total. The predicted molar refractivity (Wildman–Crippen MR) is 115 cm³/mol. The number of carbonyl (C=O) groups is 2. The molecule has 8 heteroatoms. The van der Waals surface area contributed by atoms with Gasteiger partial charge in [0, 0.05) is 36.6 Å². The lowest BCUT2D eigenvalue weighted by Crippen LogP contribution is -2.26. The van der Waals surface area contributed by atoms with Crippen molar-refractivity contribution in [1.82, 2.24) is 14.9 Å². The predicted octanol–water partition coefficient (Wildman–Crippen LogP) is 3.76. The average molecular weight is 416 g/mol. The van der Waals surface area contributed by atoms with Crippen LogP contribution in [0.3, 0.4) is 0 Å². The van der Waals surface area contributed by atoms with Gasteiger partial charge >= 0.3 is 0 Å². The normalized spacial score (nSPS) is 10.6. The van der Waals surface area contributed by atoms with Crippen molar-refractivity contribution in [2.45, 2.75) is 6.54 Å². The number of ether oxygens (including phenoxy) is 1. The Kier molecular flexibility index (Phi) is 5.61. The highest BCUT2D eigenvalue weighted by Gasteiger charge is 2.18. The highest BCUT2D eigenvalue weighted by atomic mass is 16.5. The lowest BCUT2D eigenvalue weighted by molar-refractivity contribution is 0.0754. The third-order valence-corrected chi connectivity index (χ3v) is 4.66. The second-order valence-electron chi connectivity index (χ2n) is 6.89. The summed E-state index contributed by atoms with van der Waals surface area (Å²) in [6.07, 6.45) is 3.13. The topological polar surface area (TPSA) is 97.6 Å². The molecule has 0 saturated heterocycles. The van der Waals surface area contributed by atoms with Gasteiger partial charge in [0.2, 0.25) is 5.88 Å². The summed E-state index contributed by atoms with van der Waals surface area (Å²) in [7, 11) is 3.20. The highest BCUT2D eigenvalue weighted by molar-refractivity contribution is 6.05. The SMILES string of the molecule is COc1ccc(C(=O)Nc2ccc3oc(C(=O)N(C)Cc4ccccn4)cc3c2)cn1. The fourth-order valence-corrected chi connectivity index (χ4v) is 3.06. The maximum atomic E-state index is 12.7. The molecule has 0 aliphatic rings. The van der Waals surface area contributed by atoms with Gasteiger partial charge in [-0.1, -0.05) is 6.07 Å².